The van der Waals surface area contributed by atoms with Crippen molar-refractivity contribution in [2.75, 3.05) is 36.9 Å². The van der Waals surface area contributed by atoms with Crippen molar-refractivity contribution in [3.8, 4) is 5.88 Å². The summed E-state index contributed by atoms with van der Waals surface area (Å²) in [7, 11) is -1.61. The number of fused-ring (bicyclic) bond motifs is 1. The molecular weight excluding hydrogens is 596 g/mol. The maximum atomic E-state index is 14.1. The molecule has 2 aromatic carbocycles. The van der Waals surface area contributed by atoms with Crippen molar-refractivity contribution in [3.05, 3.63) is 65.5 Å². The second-order valence-corrected chi connectivity index (χ2v) is 12.6. The highest BCUT2D eigenvalue weighted by molar-refractivity contribution is 7.53. The molecule has 4 aromatic rings. The molecule has 3 heterocycles. The second-order valence-electron chi connectivity index (χ2n) is 10.6. The summed E-state index contributed by atoms with van der Waals surface area (Å²) >= 11 is 0. The predicted molar refractivity (Wildman–Crippen MR) is 164 cm³/mol. The number of hydrogen-bond donors (Lipinski definition) is 4. The quantitative estimate of drug-likeness (QED) is 0.125. The second kappa shape index (κ2) is 13.2. The molecule has 0 unspecified atom stereocenters. The number of anilines is 4. The van der Waals surface area contributed by atoms with Crippen LogP contribution in [0.25, 0.3) is 10.8 Å². The molecule has 0 saturated carbocycles. The van der Waals surface area contributed by atoms with Gasteiger partial charge < -0.3 is 34.7 Å². The number of alkyl halides is 3. The van der Waals surface area contributed by atoms with Crippen LogP contribution in [-0.2, 0) is 33.0 Å². The van der Waals surface area contributed by atoms with Crippen molar-refractivity contribution in [2.24, 2.45) is 7.05 Å². The Morgan fingerprint density at radius 2 is 1.75 bits per heavy atom. The Morgan fingerprint density at radius 3 is 2.39 bits per heavy atom. The topological polar surface area (TPSA) is 123 Å². The van der Waals surface area contributed by atoms with E-state index in [2.05, 4.69) is 25.9 Å². The number of nitrogens with one attached hydrogen (secondary N) is 3. The van der Waals surface area contributed by atoms with E-state index >= 15 is 0 Å². The number of hydrogen-bond acceptors (Lipinski definition) is 9. The van der Waals surface area contributed by atoms with Crippen molar-refractivity contribution in [1.82, 2.24) is 19.9 Å². The third-order valence-electron chi connectivity index (χ3n) is 7.52. The molecule has 4 N–H and O–H groups in total. The largest absolute Gasteiger partial charge is 0.494 e. The van der Waals surface area contributed by atoms with Crippen LogP contribution in [-0.4, -0.2) is 45.9 Å². The monoisotopic (exact) mass is 632 g/mol. The highest BCUT2D eigenvalue weighted by Crippen LogP contribution is 2.51. The maximum absolute atomic E-state index is 14.1. The lowest BCUT2D eigenvalue weighted by molar-refractivity contribution is -0.137. The minimum atomic E-state index is -4.73. The summed E-state index contributed by atoms with van der Waals surface area (Å²) in [6.07, 6.45) is -0.276. The van der Waals surface area contributed by atoms with Crippen molar-refractivity contribution < 1.29 is 31.9 Å². The van der Waals surface area contributed by atoms with Gasteiger partial charge in [-0.2, -0.15) is 18.2 Å². The third-order valence-corrected chi connectivity index (χ3v) is 9.58. The minimum absolute atomic E-state index is 0.0578. The summed E-state index contributed by atoms with van der Waals surface area (Å²) in [4.78, 5) is 8.09. The molecule has 44 heavy (non-hydrogen) atoms. The van der Waals surface area contributed by atoms with E-state index in [0.29, 0.717) is 22.3 Å². The molecule has 10 nitrogen and oxygen atoms in total. The van der Waals surface area contributed by atoms with E-state index in [-0.39, 0.29) is 37.1 Å². The number of benzene rings is 2. The molecule has 5 rings (SSSR count). The summed E-state index contributed by atoms with van der Waals surface area (Å²) in [5.74, 6) is -0.313. The first-order valence-electron chi connectivity index (χ1n) is 14.5. The number of nitrogens with zero attached hydrogens (tertiary/aromatic N) is 3. The van der Waals surface area contributed by atoms with Gasteiger partial charge in [-0.05, 0) is 75.0 Å². The average molecular weight is 633 g/mol. The van der Waals surface area contributed by atoms with E-state index in [1.807, 2.05) is 6.07 Å². The molecule has 0 spiro atoms. The third kappa shape index (κ3) is 7.02. The van der Waals surface area contributed by atoms with Gasteiger partial charge in [0.1, 0.15) is 11.4 Å². The standard InChI is InChI=1S/C30H36F3N6O4P/c1-4-42-44(41,43-5-2)18-19-6-8-21(9-7-19)36-29-35-16-24(30(31,32)33)27(38-29)37-25-11-10-22(20-12-14-34-15-13-20)23-17-39(3)28(40)26(23)25/h6-11,16-17,20,34,40H,4-5,12-15,18H2,1-3H3,(H2,35,36,37,38). The highest BCUT2D eigenvalue weighted by Gasteiger charge is 2.36. The van der Waals surface area contributed by atoms with Gasteiger partial charge in [-0.15, -0.1) is 0 Å². The molecule has 0 amide bonds. The number of halogens is 3. The lowest BCUT2D eigenvalue weighted by Gasteiger charge is -2.24. The van der Waals surface area contributed by atoms with Gasteiger partial charge >= 0.3 is 13.8 Å². The van der Waals surface area contributed by atoms with E-state index in [0.717, 1.165) is 43.1 Å². The zero-order chi connectivity index (χ0) is 31.5. The molecule has 0 aliphatic carbocycles. The lowest BCUT2D eigenvalue weighted by Crippen LogP contribution is -2.26. The molecule has 0 radical (unpaired) electrons. The van der Waals surface area contributed by atoms with Crippen LogP contribution in [0.4, 0.5) is 36.3 Å². The van der Waals surface area contributed by atoms with Gasteiger partial charge in [0, 0.05) is 30.5 Å². The highest BCUT2D eigenvalue weighted by atomic mass is 31.2. The number of piperidine rings is 1. The number of rotatable bonds is 11. The Kier molecular flexibility index (Phi) is 9.50. The van der Waals surface area contributed by atoms with Crippen LogP contribution in [0.2, 0.25) is 0 Å². The van der Waals surface area contributed by atoms with Crippen molar-refractivity contribution in [2.45, 2.75) is 44.9 Å². The first-order chi connectivity index (χ1) is 21.0. The van der Waals surface area contributed by atoms with Gasteiger partial charge in [0.05, 0.1) is 30.4 Å². The molecule has 0 atom stereocenters. The summed E-state index contributed by atoms with van der Waals surface area (Å²) in [6, 6.07) is 10.4. The first kappa shape index (κ1) is 31.8. The Hall–Kier alpha value is -3.64. The zero-order valence-electron chi connectivity index (χ0n) is 24.7. The van der Waals surface area contributed by atoms with Crippen LogP contribution < -0.4 is 16.0 Å². The lowest BCUT2D eigenvalue weighted by atomic mass is 9.87. The molecule has 2 aromatic heterocycles. The van der Waals surface area contributed by atoms with Crippen molar-refractivity contribution in [1.29, 1.82) is 0 Å². The van der Waals surface area contributed by atoms with Crippen LogP contribution in [0.5, 0.6) is 5.88 Å². The molecule has 1 fully saturated rings. The van der Waals surface area contributed by atoms with Gasteiger partial charge in [-0.3, -0.25) is 4.57 Å². The van der Waals surface area contributed by atoms with Gasteiger partial charge in [0.2, 0.25) is 11.8 Å². The molecule has 1 aliphatic heterocycles. The summed E-state index contributed by atoms with van der Waals surface area (Å²) < 4.78 is 67.3. The van der Waals surface area contributed by atoms with Crippen LogP contribution in [0.3, 0.4) is 0 Å². The van der Waals surface area contributed by atoms with E-state index in [4.69, 9.17) is 9.05 Å². The van der Waals surface area contributed by atoms with Gasteiger partial charge in [-0.25, -0.2) is 4.98 Å². The van der Waals surface area contributed by atoms with Crippen molar-refractivity contribution >= 4 is 41.5 Å². The molecule has 14 heteroatoms. The normalized spacial score (nSPS) is 14.7. The summed E-state index contributed by atoms with van der Waals surface area (Å²) in [5, 5.41) is 21.2. The molecule has 1 saturated heterocycles. The maximum Gasteiger partial charge on any atom is 0.421 e. The van der Waals surface area contributed by atoms with Crippen LogP contribution in [0, 0.1) is 0 Å². The fourth-order valence-corrected chi connectivity index (χ4v) is 7.18. The fourth-order valence-electron chi connectivity index (χ4n) is 5.48. The van der Waals surface area contributed by atoms with Gasteiger partial charge in [0.15, 0.2) is 0 Å². The van der Waals surface area contributed by atoms with E-state index in [1.165, 1.54) is 0 Å². The van der Waals surface area contributed by atoms with Crippen LogP contribution in [0.15, 0.2) is 48.8 Å². The SMILES string of the molecule is CCOP(=O)(Cc1ccc(Nc2ncc(C(F)(F)F)c(Nc3ccc(C4CCNCC4)c4cn(C)c(O)c34)n2)cc1)OCC. The van der Waals surface area contributed by atoms with E-state index in [9.17, 15) is 22.8 Å². The smallest absolute Gasteiger partial charge is 0.421 e. The Labute approximate surface area is 253 Å². The average Bonchev–Trinajstić information content (AvgIpc) is 3.28. The van der Waals surface area contributed by atoms with Crippen LogP contribution in [0.1, 0.15) is 49.3 Å². The number of aromatic nitrogens is 3. The van der Waals surface area contributed by atoms with Crippen molar-refractivity contribution in [3.63, 3.8) is 0 Å². The van der Waals surface area contributed by atoms with Gasteiger partial charge in [-0.1, -0.05) is 18.2 Å². The Bertz CT molecular complexity index is 1650. The van der Waals surface area contributed by atoms with E-state index < -0.39 is 25.2 Å². The molecule has 0 bridgehead atoms. The summed E-state index contributed by atoms with van der Waals surface area (Å²) in [5.41, 5.74) is 1.51. The fraction of sp³-hybridized carbons (Fsp3) is 0.400. The first-order valence-corrected chi connectivity index (χ1v) is 16.2. The van der Waals surface area contributed by atoms with Gasteiger partial charge in [0.25, 0.3) is 0 Å². The molecule has 1 aliphatic rings. The van der Waals surface area contributed by atoms with E-state index in [1.54, 1.807) is 62.0 Å². The minimum Gasteiger partial charge on any atom is -0.494 e. The number of aryl methyl sites for hydroxylation is 1. The molecular formula is C30H36F3N6O4P. The zero-order valence-corrected chi connectivity index (χ0v) is 25.6. The predicted octanol–water partition coefficient (Wildman–Crippen LogP) is 7.41. The van der Waals surface area contributed by atoms with Crippen LogP contribution >= 0.6 is 7.60 Å². The summed E-state index contributed by atoms with van der Waals surface area (Å²) in [6.45, 7) is 5.72. The Balaban J connectivity index is 1.44. The number of aromatic hydroxyl groups is 1. The Morgan fingerprint density at radius 1 is 1.07 bits per heavy atom. The molecule has 236 valence electrons.